The van der Waals surface area contributed by atoms with Crippen LogP contribution in [0.3, 0.4) is 0 Å². The molecule has 0 radical (unpaired) electrons. The Balaban J connectivity index is 2.05. The van der Waals surface area contributed by atoms with Crippen LogP contribution in [0.5, 0.6) is 0 Å². The lowest BCUT2D eigenvalue weighted by Crippen LogP contribution is -2.50. The second-order valence-electron chi connectivity index (χ2n) is 5.89. The van der Waals surface area contributed by atoms with Gasteiger partial charge in [-0.05, 0) is 46.6 Å². The Morgan fingerprint density at radius 1 is 1.38 bits per heavy atom. The first kappa shape index (κ1) is 11.7. The molecule has 1 atom stereocenters. The van der Waals surface area contributed by atoms with Crippen LogP contribution < -0.4 is 5.32 Å². The lowest BCUT2D eigenvalue weighted by Gasteiger charge is -2.35. The SMILES string of the molecule is CC(C)(C)OC(=O)N1CCC[C@]12CCNC2. The molecule has 0 aromatic rings. The summed E-state index contributed by atoms with van der Waals surface area (Å²) in [5, 5.41) is 3.35. The van der Waals surface area contributed by atoms with E-state index < -0.39 is 5.60 Å². The number of carbonyl (C=O) groups is 1. The predicted octanol–water partition coefficient (Wildman–Crippen LogP) is 1.75. The standard InChI is InChI=1S/C12H22N2O2/c1-11(2,3)16-10(15)14-8-4-5-12(14)6-7-13-9-12/h13H,4-9H2,1-3H3/t12-/m1/s1. The molecule has 1 amide bonds. The lowest BCUT2D eigenvalue weighted by molar-refractivity contribution is 0.0109. The third-order valence-electron chi connectivity index (χ3n) is 3.43. The van der Waals surface area contributed by atoms with E-state index in [1.807, 2.05) is 25.7 Å². The molecule has 1 spiro atoms. The monoisotopic (exact) mass is 226 g/mol. The Hall–Kier alpha value is -0.770. The second kappa shape index (κ2) is 3.91. The Morgan fingerprint density at radius 3 is 2.69 bits per heavy atom. The minimum Gasteiger partial charge on any atom is -0.444 e. The Labute approximate surface area is 97.3 Å². The molecule has 0 bridgehead atoms. The summed E-state index contributed by atoms with van der Waals surface area (Å²) in [4.78, 5) is 14.0. The number of carbonyl (C=O) groups excluding carboxylic acids is 1. The summed E-state index contributed by atoms with van der Waals surface area (Å²) in [6.07, 6.45) is 3.13. The zero-order chi connectivity index (χ0) is 11.8. The molecule has 2 saturated heterocycles. The summed E-state index contributed by atoms with van der Waals surface area (Å²) in [7, 11) is 0. The van der Waals surface area contributed by atoms with Crippen LogP contribution in [0, 0.1) is 0 Å². The van der Waals surface area contributed by atoms with Crippen LogP contribution >= 0.6 is 0 Å². The molecule has 0 unspecified atom stereocenters. The van der Waals surface area contributed by atoms with Crippen molar-refractivity contribution in [2.75, 3.05) is 19.6 Å². The van der Waals surface area contributed by atoms with Gasteiger partial charge in [-0.1, -0.05) is 0 Å². The van der Waals surface area contributed by atoms with E-state index in [-0.39, 0.29) is 11.6 Å². The molecule has 4 nitrogen and oxygen atoms in total. The van der Waals surface area contributed by atoms with E-state index in [2.05, 4.69) is 5.32 Å². The van der Waals surface area contributed by atoms with Crippen molar-refractivity contribution in [3.05, 3.63) is 0 Å². The summed E-state index contributed by atoms with van der Waals surface area (Å²) in [5.41, 5.74) is -0.352. The van der Waals surface area contributed by atoms with Gasteiger partial charge in [0, 0.05) is 13.1 Å². The van der Waals surface area contributed by atoms with Crippen molar-refractivity contribution < 1.29 is 9.53 Å². The van der Waals surface area contributed by atoms with Crippen LogP contribution in [0.25, 0.3) is 0 Å². The summed E-state index contributed by atoms with van der Waals surface area (Å²) >= 11 is 0. The molecule has 92 valence electrons. The molecule has 2 heterocycles. The largest absolute Gasteiger partial charge is 0.444 e. The van der Waals surface area contributed by atoms with Crippen molar-refractivity contribution in [2.45, 2.75) is 51.2 Å². The minimum atomic E-state index is -0.396. The van der Waals surface area contributed by atoms with E-state index >= 15 is 0 Å². The van der Waals surface area contributed by atoms with Crippen LogP contribution in [0.15, 0.2) is 0 Å². The van der Waals surface area contributed by atoms with Gasteiger partial charge in [0.25, 0.3) is 0 Å². The van der Waals surface area contributed by atoms with Gasteiger partial charge < -0.3 is 15.0 Å². The van der Waals surface area contributed by atoms with Crippen LogP contribution in [-0.4, -0.2) is 41.8 Å². The fourth-order valence-corrected chi connectivity index (χ4v) is 2.71. The summed E-state index contributed by atoms with van der Waals surface area (Å²) in [5.74, 6) is 0. The van der Waals surface area contributed by atoms with Gasteiger partial charge in [0.05, 0.1) is 5.54 Å². The topological polar surface area (TPSA) is 41.6 Å². The predicted molar refractivity (Wildman–Crippen MR) is 62.4 cm³/mol. The minimum absolute atomic E-state index is 0.0440. The highest BCUT2D eigenvalue weighted by Gasteiger charge is 2.46. The molecular formula is C12H22N2O2. The highest BCUT2D eigenvalue weighted by molar-refractivity contribution is 5.70. The quantitative estimate of drug-likeness (QED) is 0.684. The Bertz CT molecular complexity index is 272. The van der Waals surface area contributed by atoms with Gasteiger partial charge in [0.1, 0.15) is 5.60 Å². The molecular weight excluding hydrogens is 204 g/mol. The molecule has 2 rings (SSSR count). The van der Waals surface area contributed by atoms with Gasteiger partial charge in [0.2, 0.25) is 0 Å². The third-order valence-corrected chi connectivity index (χ3v) is 3.43. The Morgan fingerprint density at radius 2 is 2.12 bits per heavy atom. The number of ether oxygens (including phenoxy) is 1. The van der Waals surface area contributed by atoms with Crippen molar-refractivity contribution in [3.63, 3.8) is 0 Å². The van der Waals surface area contributed by atoms with Crippen LogP contribution in [-0.2, 0) is 4.74 Å². The Kier molecular flexibility index (Phi) is 2.86. The van der Waals surface area contributed by atoms with Gasteiger partial charge >= 0.3 is 6.09 Å². The van der Waals surface area contributed by atoms with Crippen LogP contribution in [0.4, 0.5) is 4.79 Å². The zero-order valence-corrected chi connectivity index (χ0v) is 10.5. The van der Waals surface area contributed by atoms with Gasteiger partial charge in [0.15, 0.2) is 0 Å². The highest BCUT2D eigenvalue weighted by atomic mass is 16.6. The van der Waals surface area contributed by atoms with Crippen molar-refractivity contribution in [2.24, 2.45) is 0 Å². The molecule has 2 aliphatic heterocycles. The number of rotatable bonds is 0. The van der Waals surface area contributed by atoms with Crippen molar-refractivity contribution in [3.8, 4) is 0 Å². The van der Waals surface area contributed by atoms with Crippen LogP contribution in [0.2, 0.25) is 0 Å². The van der Waals surface area contributed by atoms with Gasteiger partial charge in [-0.25, -0.2) is 4.79 Å². The number of hydrogen-bond acceptors (Lipinski definition) is 3. The maximum atomic E-state index is 12.1. The van der Waals surface area contributed by atoms with E-state index in [1.54, 1.807) is 0 Å². The number of hydrogen-bond donors (Lipinski definition) is 1. The van der Waals surface area contributed by atoms with E-state index in [4.69, 9.17) is 4.74 Å². The van der Waals surface area contributed by atoms with Crippen molar-refractivity contribution >= 4 is 6.09 Å². The maximum absolute atomic E-state index is 12.1. The van der Waals surface area contributed by atoms with Gasteiger partial charge in [-0.3, -0.25) is 0 Å². The average Bonchev–Trinajstić information content (AvgIpc) is 2.74. The lowest BCUT2D eigenvalue weighted by atomic mass is 9.95. The molecule has 0 aromatic heterocycles. The smallest absolute Gasteiger partial charge is 0.410 e. The molecule has 4 heteroatoms. The first-order chi connectivity index (χ1) is 7.43. The second-order valence-corrected chi connectivity index (χ2v) is 5.89. The number of nitrogens with one attached hydrogen (secondary N) is 1. The van der Waals surface area contributed by atoms with E-state index in [0.29, 0.717) is 0 Å². The average molecular weight is 226 g/mol. The van der Waals surface area contributed by atoms with Crippen molar-refractivity contribution in [1.82, 2.24) is 10.2 Å². The first-order valence-corrected chi connectivity index (χ1v) is 6.14. The number of nitrogens with zero attached hydrogens (tertiary/aromatic N) is 1. The molecule has 2 aliphatic rings. The first-order valence-electron chi connectivity index (χ1n) is 6.14. The van der Waals surface area contributed by atoms with Gasteiger partial charge in [-0.2, -0.15) is 0 Å². The third kappa shape index (κ3) is 2.17. The molecule has 16 heavy (non-hydrogen) atoms. The normalized spacial score (nSPS) is 30.1. The van der Waals surface area contributed by atoms with E-state index in [1.165, 1.54) is 0 Å². The molecule has 1 N–H and O–H groups in total. The highest BCUT2D eigenvalue weighted by Crippen LogP contribution is 2.35. The van der Waals surface area contributed by atoms with E-state index in [9.17, 15) is 4.79 Å². The molecule has 0 saturated carbocycles. The number of amides is 1. The maximum Gasteiger partial charge on any atom is 0.410 e. The molecule has 0 aromatic carbocycles. The number of likely N-dealkylation sites (tertiary alicyclic amines) is 1. The van der Waals surface area contributed by atoms with Crippen molar-refractivity contribution in [1.29, 1.82) is 0 Å². The summed E-state index contributed by atoms with van der Waals surface area (Å²) in [6, 6.07) is 0. The fraction of sp³-hybridized carbons (Fsp3) is 0.917. The molecule has 0 aliphatic carbocycles. The van der Waals surface area contributed by atoms with Crippen LogP contribution in [0.1, 0.15) is 40.0 Å². The fourth-order valence-electron chi connectivity index (χ4n) is 2.71. The van der Waals surface area contributed by atoms with E-state index in [0.717, 1.165) is 38.9 Å². The molecule has 2 fully saturated rings. The van der Waals surface area contributed by atoms with Gasteiger partial charge in [-0.15, -0.1) is 0 Å². The zero-order valence-electron chi connectivity index (χ0n) is 10.5. The summed E-state index contributed by atoms with van der Waals surface area (Å²) < 4.78 is 5.47. The summed E-state index contributed by atoms with van der Waals surface area (Å²) in [6.45, 7) is 8.53.